The number of hydrogen-bond donors (Lipinski definition) is 2. The third kappa shape index (κ3) is 4.81. The van der Waals surface area contributed by atoms with Crippen LogP contribution in [0.2, 0.25) is 0 Å². The number of carbonyl (C=O) groups excluding carboxylic acids is 3. The summed E-state index contributed by atoms with van der Waals surface area (Å²) >= 11 is 0. The summed E-state index contributed by atoms with van der Waals surface area (Å²) < 4.78 is 0. The molecule has 0 saturated carbocycles. The summed E-state index contributed by atoms with van der Waals surface area (Å²) in [6.07, 6.45) is 1.47. The van der Waals surface area contributed by atoms with Crippen LogP contribution < -0.4 is 11.1 Å². The van der Waals surface area contributed by atoms with Crippen LogP contribution in [0.15, 0.2) is 24.3 Å². The summed E-state index contributed by atoms with van der Waals surface area (Å²) in [6.45, 7) is 8.06. The highest BCUT2D eigenvalue weighted by molar-refractivity contribution is 5.98. The van der Waals surface area contributed by atoms with E-state index >= 15 is 0 Å². The first-order valence-corrected chi connectivity index (χ1v) is 8.61. The molecule has 0 bridgehead atoms. The summed E-state index contributed by atoms with van der Waals surface area (Å²) in [7, 11) is 0. The van der Waals surface area contributed by atoms with Gasteiger partial charge < -0.3 is 16.0 Å². The Morgan fingerprint density at radius 2 is 1.64 bits per heavy atom. The molecule has 2 atom stereocenters. The Bertz CT molecular complexity index is 661. The molecule has 136 valence electrons. The molecule has 6 heteroatoms. The zero-order valence-corrected chi connectivity index (χ0v) is 15.3. The lowest BCUT2D eigenvalue weighted by Crippen LogP contribution is -2.48. The van der Waals surface area contributed by atoms with Crippen LogP contribution in [0, 0.1) is 5.92 Å². The normalized spacial score (nSPS) is 20.9. The molecule has 1 aliphatic heterocycles. The summed E-state index contributed by atoms with van der Waals surface area (Å²) in [6, 6.07) is 6.66. The highest BCUT2D eigenvalue weighted by Crippen LogP contribution is 2.23. The second kappa shape index (κ2) is 7.25. The number of primary amides is 1. The summed E-state index contributed by atoms with van der Waals surface area (Å²) in [5.41, 5.74) is 6.09. The molecule has 3 amide bonds. The number of benzene rings is 1. The third-order valence-corrected chi connectivity index (χ3v) is 4.43. The van der Waals surface area contributed by atoms with E-state index in [2.05, 4.69) is 5.32 Å². The number of carbonyl (C=O) groups is 3. The molecule has 6 nitrogen and oxygen atoms in total. The molecule has 1 aromatic rings. The number of nitrogens with two attached hydrogens (primary N) is 1. The van der Waals surface area contributed by atoms with Crippen molar-refractivity contribution < 1.29 is 14.4 Å². The predicted octanol–water partition coefficient (Wildman–Crippen LogP) is 1.94. The predicted molar refractivity (Wildman–Crippen MR) is 96.1 cm³/mol. The molecular formula is C19H27N3O3. The van der Waals surface area contributed by atoms with Crippen molar-refractivity contribution in [2.45, 2.75) is 52.1 Å². The van der Waals surface area contributed by atoms with E-state index in [-0.39, 0.29) is 35.2 Å². The average Bonchev–Trinajstić information content (AvgIpc) is 2.53. The minimum atomic E-state index is -0.362. The fourth-order valence-corrected chi connectivity index (χ4v) is 2.96. The second-order valence-electron chi connectivity index (χ2n) is 7.76. The maximum atomic E-state index is 12.8. The average molecular weight is 345 g/mol. The van der Waals surface area contributed by atoms with Crippen LogP contribution in [-0.2, 0) is 4.79 Å². The first kappa shape index (κ1) is 19.0. The van der Waals surface area contributed by atoms with E-state index < -0.39 is 0 Å². The lowest BCUT2D eigenvalue weighted by Gasteiger charge is -2.37. The largest absolute Gasteiger partial charge is 0.369 e. The molecule has 25 heavy (non-hydrogen) atoms. The minimum absolute atomic E-state index is 0.0620. The Kier molecular flexibility index (Phi) is 5.50. The standard InChI is InChI=1S/C19H27N3O3/c1-12-5-6-15(16(20)23)11-22(12)18(25)14-9-7-13(8-10-14)17(24)21-19(2,3)4/h7-10,12,15H,5-6,11H2,1-4H3,(H2,20,23)(H,21,24)/t12-,15+/m1/s1. The molecule has 1 fully saturated rings. The molecule has 0 aliphatic carbocycles. The van der Waals surface area contributed by atoms with Gasteiger partial charge in [-0.2, -0.15) is 0 Å². The van der Waals surface area contributed by atoms with E-state index in [1.807, 2.05) is 27.7 Å². The summed E-state index contributed by atoms with van der Waals surface area (Å²) in [5, 5.41) is 2.89. The maximum Gasteiger partial charge on any atom is 0.254 e. The van der Waals surface area contributed by atoms with E-state index in [0.29, 0.717) is 24.1 Å². The van der Waals surface area contributed by atoms with Gasteiger partial charge >= 0.3 is 0 Å². The highest BCUT2D eigenvalue weighted by Gasteiger charge is 2.32. The molecule has 1 saturated heterocycles. The zero-order chi connectivity index (χ0) is 18.8. The van der Waals surface area contributed by atoms with Crippen molar-refractivity contribution >= 4 is 17.7 Å². The first-order chi connectivity index (χ1) is 11.6. The fourth-order valence-electron chi connectivity index (χ4n) is 2.96. The molecular weight excluding hydrogens is 318 g/mol. The molecule has 0 aromatic heterocycles. The van der Waals surface area contributed by atoms with Crippen LogP contribution in [0.5, 0.6) is 0 Å². The topological polar surface area (TPSA) is 92.5 Å². The van der Waals surface area contributed by atoms with Crippen LogP contribution in [0.3, 0.4) is 0 Å². The Morgan fingerprint density at radius 1 is 1.08 bits per heavy atom. The highest BCUT2D eigenvalue weighted by atomic mass is 16.2. The second-order valence-corrected chi connectivity index (χ2v) is 7.76. The SMILES string of the molecule is C[C@@H]1CC[C@H](C(N)=O)CN1C(=O)c1ccc(C(=O)NC(C)(C)C)cc1. The zero-order valence-electron chi connectivity index (χ0n) is 15.3. The Morgan fingerprint density at radius 3 is 2.16 bits per heavy atom. The maximum absolute atomic E-state index is 12.8. The van der Waals surface area contributed by atoms with Crippen molar-refractivity contribution in [1.29, 1.82) is 0 Å². The smallest absolute Gasteiger partial charge is 0.254 e. The van der Waals surface area contributed by atoms with Crippen LogP contribution in [0.4, 0.5) is 0 Å². The van der Waals surface area contributed by atoms with Crippen molar-refractivity contribution in [2.24, 2.45) is 11.7 Å². The number of rotatable bonds is 3. The monoisotopic (exact) mass is 345 g/mol. The van der Waals surface area contributed by atoms with E-state index in [1.54, 1.807) is 29.2 Å². The summed E-state index contributed by atoms with van der Waals surface area (Å²) in [4.78, 5) is 38.1. The number of nitrogens with one attached hydrogen (secondary N) is 1. The number of nitrogens with zero attached hydrogens (tertiary/aromatic N) is 1. The van der Waals surface area contributed by atoms with Gasteiger partial charge in [0.1, 0.15) is 0 Å². The quantitative estimate of drug-likeness (QED) is 0.877. The molecule has 0 radical (unpaired) electrons. The number of amides is 3. The minimum Gasteiger partial charge on any atom is -0.369 e. The van der Waals surface area contributed by atoms with Crippen LogP contribution in [0.25, 0.3) is 0 Å². The summed E-state index contributed by atoms with van der Waals surface area (Å²) in [5.74, 6) is -0.969. The van der Waals surface area contributed by atoms with E-state index in [0.717, 1.165) is 6.42 Å². The third-order valence-electron chi connectivity index (χ3n) is 4.43. The van der Waals surface area contributed by atoms with Gasteiger partial charge in [0.05, 0.1) is 5.92 Å². The lowest BCUT2D eigenvalue weighted by atomic mass is 9.92. The van der Waals surface area contributed by atoms with Gasteiger partial charge in [-0.25, -0.2) is 0 Å². The van der Waals surface area contributed by atoms with Crippen LogP contribution >= 0.6 is 0 Å². The molecule has 1 aliphatic rings. The molecule has 1 aromatic carbocycles. The van der Waals surface area contributed by atoms with Crippen molar-refractivity contribution in [1.82, 2.24) is 10.2 Å². The van der Waals surface area contributed by atoms with Gasteiger partial charge in [-0.05, 0) is 64.8 Å². The number of piperidine rings is 1. The Balaban J connectivity index is 2.11. The Hall–Kier alpha value is -2.37. The molecule has 2 rings (SSSR count). The fraction of sp³-hybridized carbons (Fsp3) is 0.526. The molecule has 3 N–H and O–H groups in total. The van der Waals surface area contributed by atoms with E-state index in [1.165, 1.54) is 0 Å². The number of hydrogen-bond acceptors (Lipinski definition) is 3. The molecule has 1 heterocycles. The van der Waals surface area contributed by atoms with Gasteiger partial charge in [-0.15, -0.1) is 0 Å². The van der Waals surface area contributed by atoms with Gasteiger partial charge in [-0.1, -0.05) is 0 Å². The van der Waals surface area contributed by atoms with Gasteiger partial charge in [0.15, 0.2) is 0 Å². The van der Waals surface area contributed by atoms with Gasteiger partial charge in [-0.3, -0.25) is 14.4 Å². The van der Waals surface area contributed by atoms with Gasteiger partial charge in [0.25, 0.3) is 11.8 Å². The van der Waals surface area contributed by atoms with Gasteiger partial charge in [0.2, 0.25) is 5.91 Å². The lowest BCUT2D eigenvalue weighted by molar-refractivity contribution is -0.123. The molecule has 0 spiro atoms. The van der Waals surface area contributed by atoms with Crippen molar-refractivity contribution in [2.75, 3.05) is 6.54 Å². The van der Waals surface area contributed by atoms with Crippen molar-refractivity contribution in [3.63, 3.8) is 0 Å². The number of likely N-dealkylation sites (tertiary alicyclic amines) is 1. The van der Waals surface area contributed by atoms with Crippen LogP contribution in [0.1, 0.15) is 61.3 Å². The molecule has 0 unspecified atom stereocenters. The van der Waals surface area contributed by atoms with E-state index in [4.69, 9.17) is 5.73 Å². The Labute approximate surface area is 148 Å². The van der Waals surface area contributed by atoms with Crippen molar-refractivity contribution in [3.8, 4) is 0 Å². The van der Waals surface area contributed by atoms with Crippen LogP contribution in [-0.4, -0.2) is 40.7 Å². The van der Waals surface area contributed by atoms with E-state index in [9.17, 15) is 14.4 Å². The first-order valence-electron chi connectivity index (χ1n) is 8.61. The van der Waals surface area contributed by atoms with Crippen molar-refractivity contribution in [3.05, 3.63) is 35.4 Å². The van der Waals surface area contributed by atoms with Gasteiger partial charge in [0, 0.05) is 29.3 Å².